The molecule has 0 saturated carbocycles. The first-order valence-corrected chi connectivity index (χ1v) is 7.52. The van der Waals surface area contributed by atoms with Crippen molar-refractivity contribution in [3.05, 3.63) is 29.6 Å². The summed E-state index contributed by atoms with van der Waals surface area (Å²) >= 11 is 0. The Morgan fingerprint density at radius 3 is 2.48 bits per heavy atom. The van der Waals surface area contributed by atoms with Gasteiger partial charge in [-0.15, -0.1) is 0 Å². The molecule has 0 aliphatic carbocycles. The topological polar surface area (TPSA) is 62.3 Å². The van der Waals surface area contributed by atoms with Gasteiger partial charge < -0.3 is 10.2 Å². The molecule has 0 aromatic carbocycles. The van der Waals surface area contributed by atoms with Crippen LogP contribution in [-0.4, -0.2) is 40.8 Å². The maximum absolute atomic E-state index is 12.5. The number of piperidine rings is 1. The van der Waals surface area contributed by atoms with Crippen LogP contribution in [0.2, 0.25) is 0 Å². The van der Waals surface area contributed by atoms with Crippen LogP contribution < -0.4 is 5.32 Å². The van der Waals surface area contributed by atoms with Gasteiger partial charge in [-0.05, 0) is 38.7 Å². The fraction of sp³-hybridized carbons (Fsp3) is 0.562. The van der Waals surface area contributed by atoms with Gasteiger partial charge in [-0.25, -0.2) is 0 Å². The zero-order chi connectivity index (χ0) is 15.4. The van der Waals surface area contributed by atoms with E-state index >= 15 is 0 Å². The molecule has 114 valence electrons. The van der Waals surface area contributed by atoms with Crippen molar-refractivity contribution in [2.24, 2.45) is 5.92 Å². The van der Waals surface area contributed by atoms with Crippen LogP contribution in [0.15, 0.2) is 18.5 Å². The van der Waals surface area contributed by atoms with Gasteiger partial charge in [-0.1, -0.05) is 6.92 Å². The second-order valence-corrected chi connectivity index (χ2v) is 6.07. The molecule has 1 N–H and O–H groups in total. The van der Waals surface area contributed by atoms with Gasteiger partial charge in [-0.3, -0.25) is 14.6 Å². The van der Waals surface area contributed by atoms with Crippen molar-refractivity contribution in [2.75, 3.05) is 13.1 Å². The number of nitrogens with one attached hydrogen (secondary N) is 1. The minimum atomic E-state index is -0.195. The maximum atomic E-state index is 12.5. The molecule has 21 heavy (non-hydrogen) atoms. The Morgan fingerprint density at radius 1 is 1.24 bits per heavy atom. The molecule has 5 nitrogen and oxygen atoms in total. The van der Waals surface area contributed by atoms with Crippen LogP contribution in [0.3, 0.4) is 0 Å². The molecule has 2 heterocycles. The molecule has 5 heteroatoms. The molecule has 0 atom stereocenters. The first kappa shape index (κ1) is 15.5. The van der Waals surface area contributed by atoms with Crippen LogP contribution >= 0.6 is 0 Å². The Kier molecular flexibility index (Phi) is 4.94. The average molecular weight is 289 g/mol. The van der Waals surface area contributed by atoms with Crippen LogP contribution in [0.1, 0.15) is 54.3 Å². The molecule has 0 unspecified atom stereocenters. The van der Waals surface area contributed by atoms with Crippen molar-refractivity contribution in [3.8, 4) is 0 Å². The first-order chi connectivity index (χ1) is 9.97. The zero-order valence-electron chi connectivity index (χ0n) is 12.9. The predicted molar refractivity (Wildman–Crippen MR) is 81.1 cm³/mol. The summed E-state index contributed by atoms with van der Waals surface area (Å²) in [4.78, 5) is 30.3. The lowest BCUT2D eigenvalue weighted by molar-refractivity contribution is 0.0697. The fourth-order valence-corrected chi connectivity index (χ4v) is 2.42. The summed E-state index contributed by atoms with van der Waals surface area (Å²) < 4.78 is 0. The standard InChI is InChI=1S/C16H23N3O2/c1-11(2)18-15(20)13-8-14(10-17-9-13)16(21)19-6-4-12(3)5-7-19/h8-12H,4-7H2,1-3H3,(H,18,20). The molecular formula is C16H23N3O2. The smallest absolute Gasteiger partial charge is 0.255 e. The summed E-state index contributed by atoms with van der Waals surface area (Å²) in [5.74, 6) is 0.448. The number of carbonyl (C=O) groups is 2. The Labute approximate surface area is 125 Å². The van der Waals surface area contributed by atoms with E-state index in [4.69, 9.17) is 0 Å². The van der Waals surface area contributed by atoms with Gasteiger partial charge in [0.15, 0.2) is 0 Å². The number of amides is 2. The van der Waals surface area contributed by atoms with Crippen LogP contribution in [-0.2, 0) is 0 Å². The minimum absolute atomic E-state index is 0.0337. The lowest BCUT2D eigenvalue weighted by Crippen LogP contribution is -2.38. The third-order valence-corrected chi connectivity index (χ3v) is 3.74. The van der Waals surface area contributed by atoms with Gasteiger partial charge in [0.05, 0.1) is 11.1 Å². The van der Waals surface area contributed by atoms with Crippen molar-refractivity contribution in [3.63, 3.8) is 0 Å². The Bertz CT molecular complexity index is 520. The SMILES string of the molecule is CC1CCN(C(=O)c2cncc(C(=O)NC(C)C)c2)CC1. The summed E-state index contributed by atoms with van der Waals surface area (Å²) in [6, 6.07) is 1.69. The normalized spacial score (nSPS) is 16.1. The molecule has 1 aliphatic heterocycles. The van der Waals surface area contributed by atoms with E-state index in [0.29, 0.717) is 17.0 Å². The van der Waals surface area contributed by atoms with Crippen molar-refractivity contribution >= 4 is 11.8 Å². The highest BCUT2D eigenvalue weighted by Gasteiger charge is 2.22. The molecule has 2 rings (SSSR count). The van der Waals surface area contributed by atoms with Crippen molar-refractivity contribution in [1.82, 2.24) is 15.2 Å². The van der Waals surface area contributed by atoms with E-state index in [2.05, 4.69) is 17.2 Å². The predicted octanol–water partition coefficient (Wildman–Crippen LogP) is 2.09. The summed E-state index contributed by atoms with van der Waals surface area (Å²) in [6.45, 7) is 7.57. The molecule has 0 bridgehead atoms. The highest BCUT2D eigenvalue weighted by atomic mass is 16.2. The van der Waals surface area contributed by atoms with E-state index in [1.807, 2.05) is 18.7 Å². The van der Waals surface area contributed by atoms with E-state index in [1.54, 1.807) is 6.07 Å². The Balaban J connectivity index is 2.09. The Hall–Kier alpha value is -1.91. The van der Waals surface area contributed by atoms with Gasteiger partial charge in [0.25, 0.3) is 11.8 Å². The van der Waals surface area contributed by atoms with E-state index < -0.39 is 0 Å². The second-order valence-electron chi connectivity index (χ2n) is 6.07. The lowest BCUT2D eigenvalue weighted by atomic mass is 9.98. The molecule has 1 aliphatic rings. The Morgan fingerprint density at radius 2 is 1.86 bits per heavy atom. The number of rotatable bonds is 3. The first-order valence-electron chi connectivity index (χ1n) is 7.52. The number of likely N-dealkylation sites (tertiary alicyclic amines) is 1. The number of pyridine rings is 1. The number of hydrogen-bond acceptors (Lipinski definition) is 3. The molecule has 0 radical (unpaired) electrons. The third-order valence-electron chi connectivity index (χ3n) is 3.74. The summed E-state index contributed by atoms with van der Waals surface area (Å²) in [6.07, 6.45) is 5.10. The fourth-order valence-electron chi connectivity index (χ4n) is 2.42. The summed E-state index contributed by atoms with van der Waals surface area (Å²) in [5.41, 5.74) is 0.917. The lowest BCUT2D eigenvalue weighted by Gasteiger charge is -2.30. The maximum Gasteiger partial charge on any atom is 0.255 e. The molecule has 0 spiro atoms. The van der Waals surface area contributed by atoms with E-state index in [-0.39, 0.29) is 17.9 Å². The largest absolute Gasteiger partial charge is 0.350 e. The molecular weight excluding hydrogens is 266 g/mol. The average Bonchev–Trinajstić information content (AvgIpc) is 2.47. The quantitative estimate of drug-likeness (QED) is 0.927. The van der Waals surface area contributed by atoms with E-state index in [0.717, 1.165) is 25.9 Å². The van der Waals surface area contributed by atoms with Gasteiger partial charge in [0.1, 0.15) is 0 Å². The second kappa shape index (κ2) is 6.70. The van der Waals surface area contributed by atoms with Gasteiger partial charge >= 0.3 is 0 Å². The van der Waals surface area contributed by atoms with Gasteiger partial charge in [0.2, 0.25) is 0 Å². The number of nitrogens with zero attached hydrogens (tertiary/aromatic N) is 2. The van der Waals surface area contributed by atoms with Crippen LogP contribution in [0.4, 0.5) is 0 Å². The molecule has 1 aromatic rings. The third kappa shape index (κ3) is 4.03. The summed E-state index contributed by atoms with van der Waals surface area (Å²) in [7, 11) is 0. The van der Waals surface area contributed by atoms with Gasteiger partial charge in [0, 0.05) is 31.5 Å². The van der Waals surface area contributed by atoms with E-state index in [9.17, 15) is 9.59 Å². The number of carbonyl (C=O) groups excluding carboxylic acids is 2. The molecule has 1 aromatic heterocycles. The van der Waals surface area contributed by atoms with Crippen molar-refractivity contribution in [2.45, 2.75) is 39.7 Å². The molecule has 1 saturated heterocycles. The number of aromatic nitrogens is 1. The molecule has 2 amide bonds. The minimum Gasteiger partial charge on any atom is -0.350 e. The van der Waals surface area contributed by atoms with Crippen LogP contribution in [0.25, 0.3) is 0 Å². The van der Waals surface area contributed by atoms with Crippen LogP contribution in [0, 0.1) is 5.92 Å². The zero-order valence-corrected chi connectivity index (χ0v) is 12.9. The summed E-state index contributed by atoms with van der Waals surface area (Å²) in [5, 5.41) is 2.81. The van der Waals surface area contributed by atoms with E-state index in [1.165, 1.54) is 12.4 Å². The number of hydrogen-bond donors (Lipinski definition) is 1. The van der Waals surface area contributed by atoms with Gasteiger partial charge in [-0.2, -0.15) is 0 Å². The van der Waals surface area contributed by atoms with Crippen LogP contribution in [0.5, 0.6) is 0 Å². The monoisotopic (exact) mass is 289 g/mol. The van der Waals surface area contributed by atoms with Crippen molar-refractivity contribution < 1.29 is 9.59 Å². The highest BCUT2D eigenvalue weighted by Crippen LogP contribution is 2.18. The molecule has 1 fully saturated rings. The van der Waals surface area contributed by atoms with Crippen molar-refractivity contribution in [1.29, 1.82) is 0 Å². The highest BCUT2D eigenvalue weighted by molar-refractivity contribution is 5.99.